The second-order valence-corrected chi connectivity index (χ2v) is 7.40. The molecular formula is C21H25N5O. The topological polar surface area (TPSA) is 67.9 Å². The van der Waals surface area contributed by atoms with Crippen molar-refractivity contribution in [2.24, 2.45) is 5.92 Å². The summed E-state index contributed by atoms with van der Waals surface area (Å²) in [5.74, 6) is 1.42. The van der Waals surface area contributed by atoms with Crippen LogP contribution >= 0.6 is 0 Å². The molecule has 140 valence electrons. The van der Waals surface area contributed by atoms with E-state index in [4.69, 9.17) is 4.52 Å². The molecule has 0 N–H and O–H groups in total. The first kappa shape index (κ1) is 17.8. The van der Waals surface area contributed by atoms with Crippen LogP contribution in [0.2, 0.25) is 0 Å². The maximum absolute atomic E-state index is 5.29. The van der Waals surface area contributed by atoms with Crippen LogP contribution in [0.5, 0.6) is 0 Å². The van der Waals surface area contributed by atoms with E-state index in [0.717, 1.165) is 54.5 Å². The molecule has 1 fully saturated rings. The Labute approximate surface area is 159 Å². The summed E-state index contributed by atoms with van der Waals surface area (Å²) in [6, 6.07) is 6.29. The summed E-state index contributed by atoms with van der Waals surface area (Å²) in [4.78, 5) is 15.6. The number of pyridine rings is 1. The Morgan fingerprint density at radius 1 is 1.19 bits per heavy atom. The molecule has 1 unspecified atom stereocenters. The van der Waals surface area contributed by atoms with E-state index in [1.807, 2.05) is 26.2 Å². The molecule has 0 bridgehead atoms. The van der Waals surface area contributed by atoms with E-state index >= 15 is 0 Å². The summed E-state index contributed by atoms with van der Waals surface area (Å²) >= 11 is 0. The van der Waals surface area contributed by atoms with Gasteiger partial charge in [0, 0.05) is 31.2 Å². The smallest absolute Gasteiger partial charge is 0.143 e. The molecule has 1 aliphatic rings. The number of rotatable bonds is 5. The minimum absolute atomic E-state index is 0.619. The van der Waals surface area contributed by atoms with Crippen LogP contribution in [0, 0.1) is 19.8 Å². The molecule has 3 aromatic heterocycles. The van der Waals surface area contributed by atoms with Gasteiger partial charge in [-0.15, -0.1) is 0 Å². The highest BCUT2D eigenvalue weighted by atomic mass is 16.5. The number of aryl methyl sites for hydroxylation is 2. The fraction of sp³-hybridized carbons (Fsp3) is 0.429. The maximum Gasteiger partial charge on any atom is 0.143 e. The van der Waals surface area contributed by atoms with Crippen molar-refractivity contribution in [1.82, 2.24) is 25.0 Å². The Hall–Kier alpha value is -2.60. The molecule has 0 aliphatic carbocycles. The first-order chi connectivity index (χ1) is 13.2. The third-order valence-electron chi connectivity index (χ3n) is 5.27. The summed E-state index contributed by atoms with van der Waals surface area (Å²) in [6.45, 7) is 7.13. The molecule has 0 aromatic carbocycles. The molecule has 3 aromatic rings. The summed E-state index contributed by atoms with van der Waals surface area (Å²) in [7, 11) is 0. The molecule has 4 rings (SSSR count). The Morgan fingerprint density at radius 2 is 2.04 bits per heavy atom. The fourth-order valence-corrected chi connectivity index (χ4v) is 4.00. The molecule has 0 amide bonds. The van der Waals surface area contributed by atoms with E-state index in [-0.39, 0.29) is 0 Å². The minimum atomic E-state index is 0.619. The normalized spacial score (nSPS) is 17.9. The molecule has 0 saturated carbocycles. The third-order valence-corrected chi connectivity index (χ3v) is 5.27. The highest BCUT2D eigenvalue weighted by Gasteiger charge is 2.21. The largest absolute Gasteiger partial charge is 0.361 e. The lowest BCUT2D eigenvalue weighted by atomic mass is 9.92. The number of likely N-dealkylation sites (tertiary alicyclic amines) is 1. The number of piperidine rings is 1. The van der Waals surface area contributed by atoms with Crippen molar-refractivity contribution < 1.29 is 4.52 Å². The standard InChI is InChI=1S/C21H25N5O/c1-15-21(16(2)27-25-15)20-11-19(23-14-24-20)10-18-4-3-9-26(13-18)12-17-5-7-22-8-6-17/h5-8,11,14,18H,3-4,9-10,12-13H2,1-2H3. The average molecular weight is 363 g/mol. The Balaban J connectivity index is 1.44. The molecule has 27 heavy (non-hydrogen) atoms. The van der Waals surface area contributed by atoms with Gasteiger partial charge in [-0.1, -0.05) is 5.16 Å². The van der Waals surface area contributed by atoms with E-state index in [9.17, 15) is 0 Å². The lowest BCUT2D eigenvalue weighted by Gasteiger charge is -2.32. The van der Waals surface area contributed by atoms with Crippen molar-refractivity contribution in [2.75, 3.05) is 13.1 Å². The van der Waals surface area contributed by atoms with Gasteiger partial charge < -0.3 is 4.52 Å². The summed E-state index contributed by atoms with van der Waals surface area (Å²) in [5, 5.41) is 4.04. The van der Waals surface area contributed by atoms with Crippen molar-refractivity contribution in [2.45, 2.75) is 39.7 Å². The van der Waals surface area contributed by atoms with Gasteiger partial charge >= 0.3 is 0 Å². The monoisotopic (exact) mass is 363 g/mol. The van der Waals surface area contributed by atoms with Crippen LogP contribution in [0.4, 0.5) is 0 Å². The number of hydrogen-bond acceptors (Lipinski definition) is 6. The average Bonchev–Trinajstić information content (AvgIpc) is 3.01. The van der Waals surface area contributed by atoms with Gasteiger partial charge in [0.25, 0.3) is 0 Å². The van der Waals surface area contributed by atoms with Gasteiger partial charge in [-0.3, -0.25) is 9.88 Å². The lowest BCUT2D eigenvalue weighted by Crippen LogP contribution is -2.35. The van der Waals surface area contributed by atoms with E-state index in [2.05, 4.69) is 43.2 Å². The Kier molecular flexibility index (Phi) is 5.25. The van der Waals surface area contributed by atoms with Gasteiger partial charge in [0.2, 0.25) is 0 Å². The number of hydrogen-bond donors (Lipinski definition) is 0. The summed E-state index contributed by atoms with van der Waals surface area (Å²) in [5.41, 5.74) is 5.18. The predicted molar refractivity (Wildman–Crippen MR) is 103 cm³/mol. The minimum Gasteiger partial charge on any atom is -0.361 e. The van der Waals surface area contributed by atoms with Crippen LogP contribution in [0.3, 0.4) is 0 Å². The highest BCUT2D eigenvalue weighted by molar-refractivity contribution is 5.63. The van der Waals surface area contributed by atoms with Crippen LogP contribution < -0.4 is 0 Å². The van der Waals surface area contributed by atoms with Gasteiger partial charge in [0.15, 0.2) is 0 Å². The third kappa shape index (κ3) is 4.22. The zero-order valence-corrected chi connectivity index (χ0v) is 15.9. The first-order valence-electron chi connectivity index (χ1n) is 9.54. The van der Waals surface area contributed by atoms with Crippen molar-refractivity contribution in [3.05, 3.63) is 59.6 Å². The number of nitrogens with zero attached hydrogens (tertiary/aromatic N) is 5. The molecule has 0 radical (unpaired) electrons. The van der Waals surface area contributed by atoms with Gasteiger partial charge in [-0.2, -0.15) is 0 Å². The SMILES string of the molecule is Cc1noc(C)c1-c1cc(CC2CCCN(Cc3ccncc3)C2)ncn1. The Bertz CT molecular complexity index is 873. The number of aromatic nitrogens is 4. The summed E-state index contributed by atoms with van der Waals surface area (Å²) in [6.07, 6.45) is 8.86. The van der Waals surface area contributed by atoms with Crippen molar-refractivity contribution in [3.63, 3.8) is 0 Å². The van der Waals surface area contributed by atoms with Crippen molar-refractivity contribution >= 4 is 0 Å². The van der Waals surface area contributed by atoms with Crippen LogP contribution in [-0.4, -0.2) is 38.1 Å². The van der Waals surface area contributed by atoms with Gasteiger partial charge in [-0.25, -0.2) is 9.97 Å². The quantitative estimate of drug-likeness (QED) is 0.690. The molecule has 1 atom stereocenters. The lowest BCUT2D eigenvalue weighted by molar-refractivity contribution is 0.166. The fourth-order valence-electron chi connectivity index (χ4n) is 4.00. The molecule has 6 heteroatoms. The predicted octanol–water partition coefficient (Wildman–Crippen LogP) is 3.60. The van der Waals surface area contributed by atoms with Gasteiger partial charge in [-0.05, 0) is 69.3 Å². The molecule has 1 aliphatic heterocycles. The molecule has 1 saturated heterocycles. The zero-order chi connectivity index (χ0) is 18.6. The van der Waals surface area contributed by atoms with E-state index in [1.54, 1.807) is 6.33 Å². The van der Waals surface area contributed by atoms with E-state index in [1.165, 1.54) is 18.4 Å². The van der Waals surface area contributed by atoms with Gasteiger partial charge in [0.1, 0.15) is 12.1 Å². The highest BCUT2D eigenvalue weighted by Crippen LogP contribution is 2.27. The van der Waals surface area contributed by atoms with Crippen molar-refractivity contribution in [1.29, 1.82) is 0 Å². The maximum atomic E-state index is 5.29. The molecule has 4 heterocycles. The van der Waals surface area contributed by atoms with E-state index < -0.39 is 0 Å². The molecule has 6 nitrogen and oxygen atoms in total. The molecular weight excluding hydrogens is 338 g/mol. The van der Waals surface area contributed by atoms with Crippen LogP contribution in [0.25, 0.3) is 11.3 Å². The second kappa shape index (κ2) is 7.96. The first-order valence-corrected chi connectivity index (χ1v) is 9.54. The van der Waals surface area contributed by atoms with Crippen LogP contribution in [-0.2, 0) is 13.0 Å². The van der Waals surface area contributed by atoms with Crippen molar-refractivity contribution in [3.8, 4) is 11.3 Å². The summed E-state index contributed by atoms with van der Waals surface area (Å²) < 4.78 is 5.29. The van der Waals surface area contributed by atoms with Crippen LogP contribution in [0.15, 0.2) is 41.4 Å². The van der Waals surface area contributed by atoms with E-state index in [0.29, 0.717) is 5.92 Å². The van der Waals surface area contributed by atoms with Gasteiger partial charge in [0.05, 0.1) is 17.0 Å². The molecule has 0 spiro atoms. The zero-order valence-electron chi connectivity index (χ0n) is 15.9. The van der Waals surface area contributed by atoms with Crippen LogP contribution in [0.1, 0.15) is 35.6 Å². The Morgan fingerprint density at radius 3 is 2.81 bits per heavy atom. The second-order valence-electron chi connectivity index (χ2n) is 7.40.